The first-order valence-electron chi connectivity index (χ1n) is 14.1. The molecule has 3 aromatic carbocycles. The number of imidazole rings is 1. The molecular weight excluding hydrogens is 520 g/mol. The number of aryl methyl sites for hydroxylation is 1. The SMILES string of the molecule is Cn1c([C@H](CC2CCCCC2)N2C(=O)CN(c3ccc(Oc4ccccc4)cc3)C2=O)nc2ccc(C(=O)O)cc21. The molecule has 210 valence electrons. The lowest BCUT2D eigenvalue weighted by molar-refractivity contribution is -0.127. The van der Waals surface area contributed by atoms with Gasteiger partial charge < -0.3 is 14.4 Å². The Morgan fingerprint density at radius 2 is 1.68 bits per heavy atom. The average molecular weight is 553 g/mol. The molecule has 2 aliphatic rings. The first kappa shape index (κ1) is 26.6. The Labute approximate surface area is 238 Å². The molecule has 0 radical (unpaired) electrons. The average Bonchev–Trinajstić information content (AvgIpc) is 3.48. The van der Waals surface area contributed by atoms with Gasteiger partial charge in [0.1, 0.15) is 23.9 Å². The molecule has 1 atom stereocenters. The molecule has 1 aliphatic carbocycles. The van der Waals surface area contributed by atoms with E-state index in [0.29, 0.717) is 46.4 Å². The lowest BCUT2D eigenvalue weighted by atomic mass is 9.84. The maximum absolute atomic E-state index is 13.9. The zero-order valence-corrected chi connectivity index (χ0v) is 22.9. The first-order valence-corrected chi connectivity index (χ1v) is 14.1. The highest BCUT2D eigenvalue weighted by Gasteiger charge is 2.44. The second-order valence-corrected chi connectivity index (χ2v) is 10.8. The highest BCUT2D eigenvalue weighted by molar-refractivity contribution is 6.12. The zero-order chi connectivity index (χ0) is 28.5. The van der Waals surface area contributed by atoms with Crippen LogP contribution < -0.4 is 9.64 Å². The topological polar surface area (TPSA) is 105 Å². The van der Waals surface area contributed by atoms with Crippen molar-refractivity contribution >= 4 is 34.6 Å². The number of aromatic carboxylic acids is 1. The van der Waals surface area contributed by atoms with Gasteiger partial charge in [-0.1, -0.05) is 50.3 Å². The number of rotatable bonds is 8. The minimum absolute atomic E-state index is 0.0635. The molecule has 4 aromatic rings. The normalized spacial score (nSPS) is 16.9. The molecule has 2 fully saturated rings. The smallest absolute Gasteiger partial charge is 0.335 e. The number of carbonyl (C=O) groups excluding carboxylic acids is 2. The summed E-state index contributed by atoms with van der Waals surface area (Å²) in [5.41, 5.74) is 2.05. The van der Waals surface area contributed by atoms with E-state index in [1.54, 1.807) is 36.4 Å². The van der Waals surface area contributed by atoms with E-state index in [0.717, 1.165) is 25.7 Å². The molecule has 0 unspecified atom stereocenters. The molecule has 1 N–H and O–H groups in total. The molecule has 1 aromatic heterocycles. The number of para-hydroxylation sites is 1. The minimum Gasteiger partial charge on any atom is -0.478 e. The van der Waals surface area contributed by atoms with Gasteiger partial charge in [-0.05, 0) is 66.9 Å². The predicted molar refractivity (Wildman–Crippen MR) is 154 cm³/mol. The van der Waals surface area contributed by atoms with Gasteiger partial charge in [0, 0.05) is 12.7 Å². The van der Waals surface area contributed by atoms with Gasteiger partial charge in [-0.3, -0.25) is 14.6 Å². The number of benzene rings is 3. The van der Waals surface area contributed by atoms with Crippen LogP contribution >= 0.6 is 0 Å². The van der Waals surface area contributed by atoms with Crippen LogP contribution in [0.5, 0.6) is 11.5 Å². The number of anilines is 1. The molecule has 1 saturated heterocycles. The van der Waals surface area contributed by atoms with Crippen LogP contribution in [0.3, 0.4) is 0 Å². The van der Waals surface area contributed by atoms with Crippen molar-refractivity contribution in [3.05, 3.63) is 84.2 Å². The summed E-state index contributed by atoms with van der Waals surface area (Å²) in [7, 11) is 1.82. The molecule has 1 aliphatic heterocycles. The van der Waals surface area contributed by atoms with E-state index in [9.17, 15) is 19.5 Å². The van der Waals surface area contributed by atoms with Crippen LogP contribution in [0.1, 0.15) is 60.7 Å². The number of carboxylic acids is 1. The molecule has 3 amide bonds. The largest absolute Gasteiger partial charge is 0.478 e. The minimum atomic E-state index is -1.02. The van der Waals surface area contributed by atoms with Crippen LogP contribution in [0.15, 0.2) is 72.8 Å². The Bertz CT molecular complexity index is 1590. The van der Waals surface area contributed by atoms with Crippen molar-refractivity contribution in [3.63, 3.8) is 0 Å². The number of ether oxygens (including phenoxy) is 1. The summed E-state index contributed by atoms with van der Waals surface area (Å²) >= 11 is 0. The number of amides is 3. The fourth-order valence-electron chi connectivity index (χ4n) is 6.05. The Kier molecular flexibility index (Phi) is 7.17. The number of carboxylic acid groups (broad SMARTS) is 1. The third kappa shape index (κ3) is 5.27. The molecule has 0 bridgehead atoms. The fraction of sp³-hybridized carbons (Fsp3) is 0.312. The van der Waals surface area contributed by atoms with Gasteiger partial charge in [0.15, 0.2) is 0 Å². The standard InChI is InChI=1S/C32H32N4O5/c1-34-27-19-22(31(38)39)12-17-26(27)33-30(34)28(18-21-8-4-2-5-9-21)36-29(37)20-35(32(36)40)23-13-15-25(16-14-23)41-24-10-6-3-7-11-24/h3,6-7,10-17,19,21,28H,2,4-5,8-9,18,20H2,1H3,(H,38,39)/t28-/m0/s1. The molecule has 41 heavy (non-hydrogen) atoms. The molecule has 9 nitrogen and oxygen atoms in total. The van der Waals surface area contributed by atoms with E-state index in [2.05, 4.69) is 0 Å². The van der Waals surface area contributed by atoms with Gasteiger partial charge in [0.2, 0.25) is 0 Å². The summed E-state index contributed by atoms with van der Waals surface area (Å²) in [5.74, 6) is 0.996. The number of fused-ring (bicyclic) bond motifs is 1. The Hall–Kier alpha value is -4.66. The van der Waals surface area contributed by atoms with Crippen LogP contribution in [-0.2, 0) is 11.8 Å². The lowest BCUT2D eigenvalue weighted by Gasteiger charge is -2.31. The zero-order valence-electron chi connectivity index (χ0n) is 22.9. The van der Waals surface area contributed by atoms with Crippen LogP contribution in [0.4, 0.5) is 10.5 Å². The van der Waals surface area contributed by atoms with Crippen molar-refractivity contribution in [2.75, 3.05) is 11.4 Å². The predicted octanol–water partition coefficient (Wildman–Crippen LogP) is 6.54. The summed E-state index contributed by atoms with van der Waals surface area (Å²) in [4.78, 5) is 46.7. The van der Waals surface area contributed by atoms with Crippen molar-refractivity contribution in [1.29, 1.82) is 0 Å². The van der Waals surface area contributed by atoms with Gasteiger partial charge in [0.05, 0.1) is 22.6 Å². The van der Waals surface area contributed by atoms with Crippen LogP contribution in [0.25, 0.3) is 11.0 Å². The third-order valence-corrected chi connectivity index (χ3v) is 8.18. The summed E-state index contributed by atoms with van der Waals surface area (Å²) in [5, 5.41) is 9.50. The van der Waals surface area contributed by atoms with Crippen molar-refractivity contribution in [2.45, 2.75) is 44.6 Å². The molecule has 0 spiro atoms. The van der Waals surface area contributed by atoms with Crippen LogP contribution in [-0.4, -0.2) is 44.0 Å². The molecule has 6 rings (SSSR count). The highest BCUT2D eigenvalue weighted by atomic mass is 16.5. The van der Waals surface area contributed by atoms with E-state index < -0.39 is 12.0 Å². The highest BCUT2D eigenvalue weighted by Crippen LogP contribution is 2.38. The summed E-state index contributed by atoms with van der Waals surface area (Å²) < 4.78 is 7.71. The number of nitrogens with zero attached hydrogens (tertiary/aromatic N) is 4. The summed E-state index contributed by atoms with van der Waals surface area (Å²) in [6, 6.07) is 20.4. The maximum Gasteiger partial charge on any atom is 0.335 e. The van der Waals surface area contributed by atoms with Crippen molar-refractivity contribution in [3.8, 4) is 11.5 Å². The summed E-state index contributed by atoms with van der Waals surface area (Å²) in [6.07, 6.45) is 6.18. The van der Waals surface area contributed by atoms with E-state index >= 15 is 0 Å². The first-order chi connectivity index (χ1) is 19.9. The second-order valence-electron chi connectivity index (χ2n) is 10.8. The third-order valence-electron chi connectivity index (χ3n) is 8.18. The van der Waals surface area contributed by atoms with E-state index in [4.69, 9.17) is 9.72 Å². The van der Waals surface area contributed by atoms with Crippen molar-refractivity contribution in [2.24, 2.45) is 13.0 Å². The van der Waals surface area contributed by atoms with Gasteiger partial charge >= 0.3 is 12.0 Å². The van der Waals surface area contributed by atoms with E-state index in [1.165, 1.54) is 22.3 Å². The number of hydrogen-bond acceptors (Lipinski definition) is 5. The number of imide groups is 1. The van der Waals surface area contributed by atoms with Crippen molar-refractivity contribution in [1.82, 2.24) is 14.5 Å². The Morgan fingerprint density at radius 3 is 2.39 bits per heavy atom. The number of hydrogen-bond donors (Lipinski definition) is 1. The van der Waals surface area contributed by atoms with E-state index in [-0.39, 0.29) is 24.0 Å². The molecular formula is C32H32N4O5. The lowest BCUT2D eigenvalue weighted by Crippen LogP contribution is -2.38. The van der Waals surface area contributed by atoms with Gasteiger partial charge in [0.25, 0.3) is 5.91 Å². The number of aromatic nitrogens is 2. The molecule has 1 saturated carbocycles. The number of carbonyl (C=O) groups is 3. The maximum atomic E-state index is 13.9. The van der Waals surface area contributed by atoms with Crippen molar-refractivity contribution < 1.29 is 24.2 Å². The fourth-order valence-corrected chi connectivity index (χ4v) is 6.05. The van der Waals surface area contributed by atoms with Crippen LogP contribution in [0.2, 0.25) is 0 Å². The van der Waals surface area contributed by atoms with Gasteiger partial charge in [-0.2, -0.15) is 0 Å². The molecule has 9 heteroatoms. The Morgan fingerprint density at radius 1 is 0.976 bits per heavy atom. The van der Waals surface area contributed by atoms with Gasteiger partial charge in [-0.25, -0.2) is 14.6 Å². The second kappa shape index (κ2) is 11.1. The quantitative estimate of drug-likeness (QED) is 0.249. The Balaban J connectivity index is 1.31. The monoisotopic (exact) mass is 552 g/mol. The number of urea groups is 1. The van der Waals surface area contributed by atoms with E-state index in [1.807, 2.05) is 41.9 Å². The molecule has 2 heterocycles. The van der Waals surface area contributed by atoms with Gasteiger partial charge in [-0.15, -0.1) is 0 Å². The van der Waals surface area contributed by atoms with Crippen LogP contribution in [0, 0.1) is 5.92 Å². The summed E-state index contributed by atoms with van der Waals surface area (Å²) in [6.45, 7) is -0.0635.